The van der Waals surface area contributed by atoms with Crippen LogP contribution < -0.4 is 9.62 Å². The third-order valence-electron chi connectivity index (χ3n) is 5.21. The summed E-state index contributed by atoms with van der Waals surface area (Å²) in [5.41, 5.74) is 2.62. The van der Waals surface area contributed by atoms with Gasteiger partial charge in [0.15, 0.2) is 0 Å². The van der Waals surface area contributed by atoms with Gasteiger partial charge >= 0.3 is 0 Å². The number of fused-ring (bicyclic) bond motifs is 1. The first-order valence-corrected chi connectivity index (χ1v) is 10.6. The average molecular weight is 352 g/mol. The predicted molar refractivity (Wildman–Crippen MR) is 98.5 cm³/mol. The summed E-state index contributed by atoms with van der Waals surface area (Å²) in [6.07, 6.45) is 6.43. The zero-order chi connectivity index (χ0) is 17.0. The van der Waals surface area contributed by atoms with Gasteiger partial charge in [-0.3, -0.25) is 0 Å². The number of nitrogens with one attached hydrogen (secondary N) is 1. The van der Waals surface area contributed by atoms with E-state index in [2.05, 4.69) is 40.8 Å². The monoisotopic (exact) mass is 351 g/mol. The van der Waals surface area contributed by atoms with Crippen LogP contribution in [-0.4, -0.2) is 44.9 Å². The fraction of sp³-hybridized carbons (Fsp3) is 0.667. The molecule has 6 heteroatoms. The maximum atomic E-state index is 12.5. The Bertz CT molecular complexity index is 639. The van der Waals surface area contributed by atoms with Crippen LogP contribution in [0.1, 0.15) is 44.6 Å². The van der Waals surface area contributed by atoms with Crippen LogP contribution in [0.2, 0.25) is 0 Å². The first kappa shape index (κ1) is 17.7. The second kappa shape index (κ2) is 7.85. The second-order valence-corrected chi connectivity index (χ2v) is 8.68. The molecule has 0 aromatic heterocycles. The highest BCUT2D eigenvalue weighted by Gasteiger charge is 2.25. The van der Waals surface area contributed by atoms with Crippen molar-refractivity contribution in [1.82, 2.24) is 9.03 Å². The first-order valence-electron chi connectivity index (χ1n) is 9.17. The topological polar surface area (TPSA) is 52.7 Å². The molecule has 0 aliphatic carbocycles. The van der Waals surface area contributed by atoms with Crippen LogP contribution in [0.5, 0.6) is 0 Å². The first-order chi connectivity index (χ1) is 11.6. The Kier molecular flexibility index (Phi) is 5.79. The molecule has 0 bridgehead atoms. The van der Waals surface area contributed by atoms with Crippen LogP contribution in [0.4, 0.5) is 5.69 Å². The Hall–Kier alpha value is -1.11. The highest BCUT2D eigenvalue weighted by Crippen LogP contribution is 2.29. The maximum absolute atomic E-state index is 12.5. The van der Waals surface area contributed by atoms with Crippen molar-refractivity contribution in [1.29, 1.82) is 0 Å². The van der Waals surface area contributed by atoms with Gasteiger partial charge in [0.2, 0.25) is 0 Å². The van der Waals surface area contributed by atoms with Gasteiger partial charge in [-0.1, -0.05) is 31.0 Å². The number of nitrogens with zero attached hydrogens (tertiary/aromatic N) is 2. The molecule has 2 aliphatic rings. The quantitative estimate of drug-likeness (QED) is 0.887. The Balaban J connectivity index is 1.59. The lowest BCUT2D eigenvalue weighted by molar-refractivity contribution is 0.414. The lowest BCUT2D eigenvalue weighted by Crippen LogP contribution is -2.46. The molecular weight excluding hydrogens is 322 g/mol. The van der Waals surface area contributed by atoms with Crippen molar-refractivity contribution in [2.24, 2.45) is 0 Å². The summed E-state index contributed by atoms with van der Waals surface area (Å²) < 4.78 is 29.4. The Labute approximate surface area is 146 Å². The zero-order valence-corrected chi connectivity index (χ0v) is 15.4. The molecule has 2 aliphatic heterocycles. The highest BCUT2D eigenvalue weighted by molar-refractivity contribution is 7.87. The van der Waals surface area contributed by atoms with Crippen LogP contribution in [0.3, 0.4) is 0 Å². The molecule has 24 heavy (non-hydrogen) atoms. The van der Waals surface area contributed by atoms with Gasteiger partial charge in [0, 0.05) is 37.9 Å². The van der Waals surface area contributed by atoms with E-state index in [4.69, 9.17) is 0 Å². The summed E-state index contributed by atoms with van der Waals surface area (Å²) in [4.78, 5) is 2.34. The number of anilines is 1. The molecule has 0 radical (unpaired) electrons. The molecule has 1 N–H and O–H groups in total. The summed E-state index contributed by atoms with van der Waals surface area (Å²) >= 11 is 0. The normalized spacial score (nSPS) is 22.9. The third-order valence-corrected chi connectivity index (χ3v) is 6.82. The summed E-state index contributed by atoms with van der Waals surface area (Å²) in [5, 5.41) is 0. The molecule has 0 amide bonds. The standard InChI is InChI=1S/C18H29N3O2S/c1-16-10-11-17-8-4-5-9-18(17)21(16)15-12-19-24(22,23)20-13-6-2-3-7-14-20/h4-5,8-9,16,19H,2-3,6-7,10-15H2,1H3. The SMILES string of the molecule is CC1CCc2ccccc2N1CCNS(=O)(=O)N1CCCCCC1. The minimum atomic E-state index is -3.35. The minimum absolute atomic E-state index is 0.447. The van der Waals surface area contributed by atoms with Crippen molar-refractivity contribution >= 4 is 15.9 Å². The van der Waals surface area contributed by atoms with Gasteiger partial charge in [-0.2, -0.15) is 12.7 Å². The molecular formula is C18H29N3O2S. The summed E-state index contributed by atoms with van der Waals surface area (Å²) in [7, 11) is -3.35. The molecule has 2 heterocycles. The van der Waals surface area contributed by atoms with Crippen molar-refractivity contribution in [3.05, 3.63) is 29.8 Å². The van der Waals surface area contributed by atoms with E-state index in [9.17, 15) is 8.42 Å². The van der Waals surface area contributed by atoms with Gasteiger partial charge in [-0.25, -0.2) is 4.72 Å². The van der Waals surface area contributed by atoms with E-state index >= 15 is 0 Å². The van der Waals surface area contributed by atoms with E-state index in [-0.39, 0.29) is 0 Å². The Morgan fingerprint density at radius 1 is 1.12 bits per heavy atom. The Morgan fingerprint density at radius 3 is 2.58 bits per heavy atom. The molecule has 1 aromatic carbocycles. The molecule has 1 saturated heterocycles. The molecule has 0 saturated carbocycles. The van der Waals surface area contributed by atoms with Crippen molar-refractivity contribution in [3.8, 4) is 0 Å². The lowest BCUT2D eigenvalue weighted by Gasteiger charge is -2.37. The van der Waals surface area contributed by atoms with E-state index in [0.29, 0.717) is 32.2 Å². The molecule has 134 valence electrons. The number of hydrogen-bond donors (Lipinski definition) is 1. The number of rotatable bonds is 5. The molecule has 0 spiro atoms. The zero-order valence-electron chi connectivity index (χ0n) is 14.6. The van der Waals surface area contributed by atoms with Gasteiger partial charge in [0.1, 0.15) is 0 Å². The fourth-order valence-corrected chi connectivity index (χ4v) is 5.04. The molecule has 3 rings (SSSR count). The van der Waals surface area contributed by atoms with E-state index in [1.807, 2.05) is 0 Å². The number of para-hydroxylation sites is 1. The number of hydrogen-bond acceptors (Lipinski definition) is 3. The van der Waals surface area contributed by atoms with Gasteiger partial charge in [0.25, 0.3) is 10.2 Å². The van der Waals surface area contributed by atoms with Crippen molar-refractivity contribution in [3.63, 3.8) is 0 Å². The third kappa shape index (κ3) is 4.10. The van der Waals surface area contributed by atoms with Crippen molar-refractivity contribution in [2.45, 2.75) is 51.5 Å². The van der Waals surface area contributed by atoms with E-state index in [1.54, 1.807) is 4.31 Å². The average Bonchev–Trinajstić information content (AvgIpc) is 2.87. The number of aryl methyl sites for hydroxylation is 1. The molecule has 1 fully saturated rings. The summed E-state index contributed by atoms with van der Waals surface area (Å²) in [6.45, 7) is 4.69. The van der Waals surface area contributed by atoms with E-state index in [0.717, 1.165) is 38.5 Å². The van der Waals surface area contributed by atoms with Gasteiger partial charge < -0.3 is 4.90 Å². The number of benzene rings is 1. The predicted octanol–water partition coefficient (Wildman–Crippen LogP) is 2.54. The minimum Gasteiger partial charge on any atom is -0.367 e. The van der Waals surface area contributed by atoms with E-state index < -0.39 is 10.2 Å². The second-order valence-electron chi connectivity index (χ2n) is 6.92. The van der Waals surface area contributed by atoms with E-state index in [1.165, 1.54) is 11.3 Å². The Morgan fingerprint density at radius 2 is 1.83 bits per heavy atom. The van der Waals surface area contributed by atoms with Gasteiger partial charge in [-0.05, 0) is 44.2 Å². The smallest absolute Gasteiger partial charge is 0.279 e. The lowest BCUT2D eigenvalue weighted by atomic mass is 9.97. The van der Waals surface area contributed by atoms with Crippen molar-refractivity contribution in [2.75, 3.05) is 31.1 Å². The maximum Gasteiger partial charge on any atom is 0.279 e. The molecule has 1 unspecified atom stereocenters. The summed E-state index contributed by atoms with van der Waals surface area (Å²) in [5.74, 6) is 0. The van der Waals surface area contributed by atoms with Gasteiger partial charge in [0.05, 0.1) is 0 Å². The van der Waals surface area contributed by atoms with Crippen molar-refractivity contribution < 1.29 is 8.42 Å². The largest absolute Gasteiger partial charge is 0.367 e. The van der Waals surface area contributed by atoms with Crippen LogP contribution in [0.25, 0.3) is 0 Å². The molecule has 1 atom stereocenters. The van der Waals surface area contributed by atoms with Crippen LogP contribution >= 0.6 is 0 Å². The highest BCUT2D eigenvalue weighted by atomic mass is 32.2. The molecule has 5 nitrogen and oxygen atoms in total. The van der Waals surface area contributed by atoms with Crippen LogP contribution in [0.15, 0.2) is 24.3 Å². The van der Waals surface area contributed by atoms with Crippen LogP contribution in [0, 0.1) is 0 Å². The molecule has 1 aromatic rings. The summed E-state index contributed by atoms with van der Waals surface area (Å²) in [6, 6.07) is 8.91. The van der Waals surface area contributed by atoms with Gasteiger partial charge in [-0.15, -0.1) is 0 Å². The van der Waals surface area contributed by atoms with Crippen LogP contribution in [-0.2, 0) is 16.6 Å². The fourth-order valence-electron chi connectivity index (χ4n) is 3.77.